The van der Waals surface area contributed by atoms with Crippen LogP contribution in [-0.4, -0.2) is 22.5 Å². The van der Waals surface area contributed by atoms with Crippen molar-refractivity contribution in [2.75, 3.05) is 6.61 Å². The number of nitrogens with zero attached hydrogens (tertiary/aromatic N) is 2. The molecule has 0 amide bonds. The van der Waals surface area contributed by atoms with Crippen molar-refractivity contribution in [3.05, 3.63) is 36.4 Å². The molecule has 1 aromatic rings. The van der Waals surface area contributed by atoms with Crippen LogP contribution in [0.15, 0.2) is 25.0 Å². The second kappa shape index (κ2) is 5.85. The Morgan fingerprint density at radius 2 is 2.29 bits per heavy atom. The molecule has 1 aromatic heterocycles. The maximum Gasteiger partial charge on any atom is 0.358 e. The summed E-state index contributed by atoms with van der Waals surface area (Å²) in [5.74, 6) is -0.479. The molecular weight excluding hydrogens is 180 g/mol. The highest BCUT2D eigenvalue weighted by Gasteiger charge is 2.07. The van der Waals surface area contributed by atoms with Crippen molar-refractivity contribution in [3.8, 4) is 0 Å². The number of aryl methyl sites for hydroxylation is 1. The van der Waals surface area contributed by atoms with Gasteiger partial charge >= 0.3 is 5.97 Å². The van der Waals surface area contributed by atoms with Crippen LogP contribution in [0.25, 0.3) is 0 Å². The number of carbonyl (C=O) groups is 1. The van der Waals surface area contributed by atoms with Crippen molar-refractivity contribution in [1.29, 1.82) is 0 Å². The molecule has 4 nitrogen and oxygen atoms in total. The van der Waals surface area contributed by atoms with Crippen LogP contribution in [0.2, 0.25) is 0 Å². The molecule has 1 rings (SSSR count). The first-order valence-electron chi connectivity index (χ1n) is 3.80. The third-order valence-corrected chi connectivity index (χ3v) is 1.32. The zero-order valence-corrected chi connectivity index (χ0v) is 7.36. The first-order chi connectivity index (χ1) is 6.24. The summed E-state index contributed by atoms with van der Waals surface area (Å²) in [6.07, 6.45) is 4.41. The number of ether oxygens (including phenoxy) is 1. The minimum absolute atomic E-state index is 0. The van der Waals surface area contributed by atoms with Crippen LogP contribution in [-0.2, 0) is 4.74 Å². The summed E-state index contributed by atoms with van der Waals surface area (Å²) in [6, 6.07) is 0. The summed E-state index contributed by atoms with van der Waals surface area (Å²) in [5, 5.41) is 0. The van der Waals surface area contributed by atoms with Gasteiger partial charge in [-0.1, -0.05) is 20.1 Å². The summed E-state index contributed by atoms with van der Waals surface area (Å²) < 4.78 is 4.76. The number of rotatable bonds is 3. The van der Waals surface area contributed by atoms with Gasteiger partial charge in [-0.3, -0.25) is 4.98 Å². The number of esters is 1. The summed E-state index contributed by atoms with van der Waals surface area (Å²) in [5.41, 5.74) is 0.979. The fourth-order valence-corrected chi connectivity index (χ4v) is 0.707. The average Bonchev–Trinajstić information content (AvgIpc) is 2.15. The summed E-state index contributed by atoms with van der Waals surface area (Å²) >= 11 is 0. The number of aromatic nitrogens is 2. The van der Waals surface area contributed by atoms with E-state index >= 15 is 0 Å². The SMILES string of the molecule is C.C=CCOC(=O)c1cnc(C)cn1. The van der Waals surface area contributed by atoms with Gasteiger partial charge in [0, 0.05) is 6.20 Å². The van der Waals surface area contributed by atoms with Crippen LogP contribution in [0.5, 0.6) is 0 Å². The van der Waals surface area contributed by atoms with Gasteiger partial charge in [-0.05, 0) is 6.92 Å². The van der Waals surface area contributed by atoms with Gasteiger partial charge in [0.25, 0.3) is 0 Å². The highest BCUT2D eigenvalue weighted by atomic mass is 16.5. The standard InChI is InChI=1S/C9H10N2O2.CH4/c1-3-4-13-9(12)8-6-10-7(2)5-11-8;/h3,5-6H,1,4H2,2H3;1H4. The molecule has 0 aliphatic rings. The van der Waals surface area contributed by atoms with Crippen molar-refractivity contribution >= 4 is 5.97 Å². The first-order valence-corrected chi connectivity index (χ1v) is 3.80. The molecule has 0 aliphatic carbocycles. The summed E-state index contributed by atoms with van der Waals surface area (Å²) in [7, 11) is 0. The van der Waals surface area contributed by atoms with Crippen molar-refractivity contribution < 1.29 is 9.53 Å². The Morgan fingerprint density at radius 3 is 2.79 bits per heavy atom. The van der Waals surface area contributed by atoms with E-state index in [0.717, 1.165) is 5.69 Å². The molecule has 0 aliphatic heterocycles. The molecule has 0 N–H and O–H groups in total. The molecule has 0 aromatic carbocycles. The Labute approximate surface area is 83.7 Å². The van der Waals surface area contributed by atoms with Gasteiger partial charge in [0.05, 0.1) is 11.9 Å². The lowest BCUT2D eigenvalue weighted by Crippen LogP contribution is -2.07. The second-order valence-electron chi connectivity index (χ2n) is 2.43. The number of hydrogen-bond acceptors (Lipinski definition) is 4. The molecule has 0 saturated heterocycles. The van der Waals surface area contributed by atoms with E-state index in [2.05, 4.69) is 16.5 Å². The maximum absolute atomic E-state index is 11.1. The molecule has 0 unspecified atom stereocenters. The van der Waals surface area contributed by atoms with Gasteiger partial charge in [0.1, 0.15) is 6.61 Å². The monoisotopic (exact) mass is 194 g/mol. The van der Waals surface area contributed by atoms with E-state index in [1.54, 1.807) is 6.92 Å². The van der Waals surface area contributed by atoms with E-state index in [1.165, 1.54) is 18.5 Å². The number of hydrogen-bond donors (Lipinski definition) is 0. The van der Waals surface area contributed by atoms with Crippen LogP contribution in [0, 0.1) is 6.92 Å². The highest BCUT2D eigenvalue weighted by molar-refractivity contribution is 5.86. The molecule has 0 atom stereocenters. The topological polar surface area (TPSA) is 52.1 Å². The molecule has 0 fully saturated rings. The van der Waals surface area contributed by atoms with E-state index in [4.69, 9.17) is 4.74 Å². The Balaban J connectivity index is 0.00000169. The molecule has 0 radical (unpaired) electrons. The van der Waals surface area contributed by atoms with Crippen molar-refractivity contribution in [2.24, 2.45) is 0 Å². The van der Waals surface area contributed by atoms with Crippen LogP contribution < -0.4 is 0 Å². The quantitative estimate of drug-likeness (QED) is 0.543. The maximum atomic E-state index is 11.1. The molecule has 76 valence electrons. The number of carbonyl (C=O) groups excluding carboxylic acids is 1. The average molecular weight is 194 g/mol. The van der Waals surface area contributed by atoms with Gasteiger partial charge in [0.15, 0.2) is 5.69 Å². The molecule has 1 heterocycles. The van der Waals surface area contributed by atoms with Crippen LogP contribution >= 0.6 is 0 Å². The third-order valence-electron chi connectivity index (χ3n) is 1.32. The van der Waals surface area contributed by atoms with Gasteiger partial charge in [0.2, 0.25) is 0 Å². The Morgan fingerprint density at radius 1 is 1.57 bits per heavy atom. The second-order valence-corrected chi connectivity index (χ2v) is 2.43. The normalized spacial score (nSPS) is 8.64. The lowest BCUT2D eigenvalue weighted by molar-refractivity contribution is 0.0542. The largest absolute Gasteiger partial charge is 0.457 e. The highest BCUT2D eigenvalue weighted by Crippen LogP contribution is 1.96. The van der Waals surface area contributed by atoms with Crippen molar-refractivity contribution in [1.82, 2.24) is 9.97 Å². The van der Waals surface area contributed by atoms with E-state index in [1.807, 2.05) is 0 Å². The van der Waals surface area contributed by atoms with Gasteiger partial charge in [-0.15, -0.1) is 0 Å². The predicted molar refractivity (Wildman–Crippen MR) is 54.0 cm³/mol. The van der Waals surface area contributed by atoms with E-state index in [0.29, 0.717) is 0 Å². The van der Waals surface area contributed by atoms with Crippen LogP contribution in [0.3, 0.4) is 0 Å². The lowest BCUT2D eigenvalue weighted by atomic mass is 10.4. The zero-order chi connectivity index (χ0) is 9.68. The molecule has 0 bridgehead atoms. The fraction of sp³-hybridized carbons (Fsp3) is 0.300. The van der Waals surface area contributed by atoms with Crippen LogP contribution in [0.4, 0.5) is 0 Å². The molecule has 14 heavy (non-hydrogen) atoms. The first kappa shape index (κ1) is 12.3. The van der Waals surface area contributed by atoms with E-state index in [9.17, 15) is 4.79 Å². The molecule has 4 heteroatoms. The summed E-state index contributed by atoms with van der Waals surface area (Å²) in [6.45, 7) is 5.41. The minimum atomic E-state index is -0.479. The van der Waals surface area contributed by atoms with Gasteiger partial charge < -0.3 is 4.74 Å². The Kier molecular flexibility index (Phi) is 5.14. The third kappa shape index (κ3) is 3.35. The Bertz CT molecular complexity index is 306. The fourth-order valence-electron chi connectivity index (χ4n) is 0.707. The lowest BCUT2D eigenvalue weighted by Gasteiger charge is -1.99. The zero-order valence-electron chi connectivity index (χ0n) is 7.36. The van der Waals surface area contributed by atoms with Crippen molar-refractivity contribution in [3.63, 3.8) is 0 Å². The minimum Gasteiger partial charge on any atom is -0.457 e. The van der Waals surface area contributed by atoms with E-state index < -0.39 is 5.97 Å². The molecule has 0 saturated carbocycles. The van der Waals surface area contributed by atoms with E-state index in [-0.39, 0.29) is 19.7 Å². The van der Waals surface area contributed by atoms with Gasteiger partial charge in [-0.2, -0.15) is 0 Å². The Hall–Kier alpha value is -1.71. The molecule has 0 spiro atoms. The van der Waals surface area contributed by atoms with Crippen molar-refractivity contribution in [2.45, 2.75) is 14.4 Å². The predicted octanol–water partition coefficient (Wildman–Crippen LogP) is 1.76. The van der Waals surface area contributed by atoms with Crippen LogP contribution in [0.1, 0.15) is 23.6 Å². The molecular formula is C10H14N2O2. The summed E-state index contributed by atoms with van der Waals surface area (Å²) in [4.78, 5) is 18.9. The van der Waals surface area contributed by atoms with Gasteiger partial charge in [-0.25, -0.2) is 9.78 Å². The smallest absolute Gasteiger partial charge is 0.358 e.